The van der Waals surface area contributed by atoms with Gasteiger partial charge in [-0.2, -0.15) is 0 Å². The Morgan fingerprint density at radius 1 is 0.600 bits per heavy atom. The highest BCUT2D eigenvalue weighted by molar-refractivity contribution is 6.42. The van der Waals surface area contributed by atoms with Gasteiger partial charge in [0.05, 0.1) is 21.5 Å². The fraction of sp³-hybridized carbons (Fsp3) is 0.277. The van der Waals surface area contributed by atoms with Gasteiger partial charge in [-0.1, -0.05) is 206 Å². The second-order valence-corrected chi connectivity index (χ2v) is 20.9. The third-order valence-electron chi connectivity index (χ3n) is 15.2. The highest BCUT2D eigenvalue weighted by Gasteiger charge is 2.44. The maximum atomic E-state index is 15.6. The number of benzene rings is 7. The lowest BCUT2D eigenvalue weighted by atomic mass is 9.66. The first-order valence-corrected chi connectivity index (χ1v) is 26.9. The molecule has 2 aliphatic rings. The maximum absolute atomic E-state index is 15.6. The van der Waals surface area contributed by atoms with Gasteiger partial charge in [0.1, 0.15) is 24.2 Å². The van der Waals surface area contributed by atoms with E-state index in [1.165, 1.54) is 9.80 Å². The molecule has 7 aromatic rings. The van der Waals surface area contributed by atoms with Gasteiger partial charge in [-0.15, -0.1) is 0 Å². The Morgan fingerprint density at radius 2 is 1.13 bits per heavy atom. The molecule has 2 amide bonds. The van der Waals surface area contributed by atoms with E-state index >= 15 is 14.4 Å². The normalized spacial score (nSPS) is 15.4. The SMILES string of the molecule is C[C@@H]1C[C@@H](C(=O)N(CCC(=O)CCc2ccccc2)[C@H](CCC(=O)CC(c2ccccc2)(c2ccccc2)c2ccccc2)C(=O)CCc2ccc(Cl)c(Cl)c2)N(C(=O)OCC2c3ccccc3-c3ccccc32)C1. The molecule has 0 unspecified atom stereocenters. The monoisotopic (exact) mass is 1040 g/mol. The molecule has 9 rings (SSSR count). The van der Waals surface area contributed by atoms with Crippen LogP contribution in [0.3, 0.4) is 0 Å². The Labute approximate surface area is 450 Å². The smallest absolute Gasteiger partial charge is 0.410 e. The van der Waals surface area contributed by atoms with Crippen LogP contribution in [0, 0.1) is 5.92 Å². The van der Waals surface area contributed by atoms with Crippen molar-refractivity contribution in [2.75, 3.05) is 19.7 Å². The number of amides is 2. The van der Waals surface area contributed by atoms with Crippen LogP contribution in [0.2, 0.25) is 10.0 Å². The van der Waals surface area contributed by atoms with Gasteiger partial charge in [0, 0.05) is 51.1 Å². The first-order chi connectivity index (χ1) is 36.5. The van der Waals surface area contributed by atoms with E-state index in [0.717, 1.165) is 50.1 Å². The van der Waals surface area contributed by atoms with Crippen molar-refractivity contribution in [2.24, 2.45) is 5.92 Å². The number of hydrogen-bond donors (Lipinski definition) is 0. The summed E-state index contributed by atoms with van der Waals surface area (Å²) in [6.45, 7) is 2.26. The second kappa shape index (κ2) is 24.5. The highest BCUT2D eigenvalue weighted by atomic mass is 35.5. The molecular formula is C65H62Cl2N2O6. The molecule has 10 heteroatoms. The molecule has 7 aromatic carbocycles. The number of ether oxygens (including phenoxy) is 1. The van der Waals surface area contributed by atoms with Crippen LogP contribution < -0.4 is 0 Å². The molecule has 0 radical (unpaired) electrons. The third-order valence-corrected chi connectivity index (χ3v) is 15.9. The van der Waals surface area contributed by atoms with Gasteiger partial charge in [0.25, 0.3) is 0 Å². The lowest BCUT2D eigenvalue weighted by molar-refractivity contribution is -0.144. The molecule has 1 heterocycles. The molecule has 0 saturated carbocycles. The molecule has 8 nitrogen and oxygen atoms in total. The number of carbonyl (C=O) groups is 5. The van der Waals surface area contributed by atoms with Gasteiger partial charge in [0.2, 0.25) is 5.91 Å². The first kappa shape index (κ1) is 52.7. The van der Waals surface area contributed by atoms with Crippen molar-refractivity contribution in [1.82, 2.24) is 9.80 Å². The average molecular weight is 1040 g/mol. The minimum atomic E-state index is -1.11. The summed E-state index contributed by atoms with van der Waals surface area (Å²) in [7, 11) is 0. The summed E-state index contributed by atoms with van der Waals surface area (Å²) in [5.41, 5.74) is 8.10. The highest BCUT2D eigenvalue weighted by Crippen LogP contribution is 2.45. The Kier molecular flexibility index (Phi) is 17.2. The van der Waals surface area contributed by atoms with Gasteiger partial charge in [-0.3, -0.25) is 24.1 Å². The molecule has 3 atom stereocenters. The van der Waals surface area contributed by atoms with Crippen molar-refractivity contribution >= 4 is 52.6 Å². The maximum Gasteiger partial charge on any atom is 0.410 e. The van der Waals surface area contributed by atoms with Crippen LogP contribution in [0.4, 0.5) is 4.79 Å². The lowest BCUT2D eigenvalue weighted by Crippen LogP contribution is -2.54. The van der Waals surface area contributed by atoms with Gasteiger partial charge < -0.3 is 9.64 Å². The van der Waals surface area contributed by atoms with Crippen molar-refractivity contribution in [3.63, 3.8) is 0 Å². The quantitative estimate of drug-likeness (QED) is 0.0627. The van der Waals surface area contributed by atoms with Crippen molar-refractivity contribution in [3.8, 4) is 11.1 Å². The summed E-state index contributed by atoms with van der Waals surface area (Å²) < 4.78 is 6.18. The van der Waals surface area contributed by atoms with E-state index in [1.807, 2.05) is 159 Å². The molecule has 0 aromatic heterocycles. The fourth-order valence-electron chi connectivity index (χ4n) is 11.3. The predicted molar refractivity (Wildman–Crippen MR) is 297 cm³/mol. The number of Topliss-reactive ketones (excluding diaryl/α,β-unsaturated/α-hetero) is 3. The number of ketones is 3. The summed E-state index contributed by atoms with van der Waals surface area (Å²) in [6, 6.07) is 59.2. The summed E-state index contributed by atoms with van der Waals surface area (Å²) in [5.74, 6) is -1.14. The molecule has 1 aliphatic heterocycles. The summed E-state index contributed by atoms with van der Waals surface area (Å²) in [5, 5.41) is 0.748. The van der Waals surface area contributed by atoms with Crippen molar-refractivity contribution < 1.29 is 28.7 Å². The largest absolute Gasteiger partial charge is 0.448 e. The van der Waals surface area contributed by atoms with Crippen LogP contribution >= 0.6 is 23.2 Å². The number of nitrogens with zero attached hydrogens (tertiary/aromatic N) is 2. The van der Waals surface area contributed by atoms with Crippen LogP contribution in [-0.2, 0) is 42.2 Å². The molecule has 75 heavy (non-hydrogen) atoms. The summed E-state index contributed by atoms with van der Waals surface area (Å²) >= 11 is 12.7. The molecule has 0 N–H and O–H groups in total. The molecular weight excluding hydrogens is 976 g/mol. The molecule has 1 saturated heterocycles. The van der Waals surface area contributed by atoms with Crippen LogP contribution in [0.25, 0.3) is 11.1 Å². The van der Waals surface area contributed by atoms with Gasteiger partial charge in [-0.05, 0) is 93.8 Å². The summed E-state index contributed by atoms with van der Waals surface area (Å²) in [6.07, 6.45) is 0.819. The number of rotatable bonds is 22. The Balaban J connectivity index is 1.03. The second-order valence-electron chi connectivity index (χ2n) is 20.1. The standard InChI is InChI=1S/C65H62Cl2N2O6/c1-45-40-61(69(43-45)64(74)75-44-57-55-28-16-14-26-53(55)54-27-15-17-29-56(54)57)63(73)68(39-38-51(70)33-30-46-18-6-2-7-19-46)60(62(72)37-32-47-31-35-58(66)59(67)41-47)36-34-52(71)42-65(48-20-8-3-9-21-48,49-22-10-4-11-23-49)50-24-12-5-13-25-50/h2-29,31,35,41,45,57,60-61H,30,32-34,36-40,42-44H2,1H3/t45-,60-,61+/m1/s1. The number of carbonyl (C=O) groups excluding carboxylic acids is 5. The minimum Gasteiger partial charge on any atom is -0.448 e. The van der Waals surface area contributed by atoms with Crippen molar-refractivity contribution in [2.45, 2.75) is 88.1 Å². The van der Waals surface area contributed by atoms with Crippen LogP contribution in [0.5, 0.6) is 0 Å². The van der Waals surface area contributed by atoms with Gasteiger partial charge >= 0.3 is 6.09 Å². The lowest BCUT2D eigenvalue weighted by Gasteiger charge is -2.37. The van der Waals surface area contributed by atoms with Crippen LogP contribution in [0.1, 0.15) is 96.7 Å². The van der Waals surface area contributed by atoms with Gasteiger partial charge in [0.15, 0.2) is 5.78 Å². The molecule has 0 spiro atoms. The van der Waals surface area contributed by atoms with Crippen molar-refractivity contribution in [1.29, 1.82) is 0 Å². The van der Waals surface area contributed by atoms with E-state index in [9.17, 15) is 9.59 Å². The molecule has 1 aliphatic carbocycles. The number of fused-ring (bicyclic) bond motifs is 3. The van der Waals surface area contributed by atoms with E-state index in [4.69, 9.17) is 27.9 Å². The van der Waals surface area contributed by atoms with Gasteiger partial charge in [-0.25, -0.2) is 4.79 Å². The van der Waals surface area contributed by atoms with Crippen LogP contribution in [0.15, 0.2) is 188 Å². The number of hydrogen-bond acceptors (Lipinski definition) is 6. The zero-order valence-corrected chi connectivity index (χ0v) is 43.8. The van der Waals surface area contributed by atoms with E-state index in [0.29, 0.717) is 29.3 Å². The Hall–Kier alpha value is -7.13. The Morgan fingerprint density at radius 3 is 1.71 bits per heavy atom. The fourth-order valence-corrected chi connectivity index (χ4v) is 11.7. The number of aryl methyl sites for hydroxylation is 2. The topological polar surface area (TPSA) is 101 Å². The number of halogens is 2. The van der Waals surface area contributed by atoms with E-state index < -0.39 is 29.5 Å². The van der Waals surface area contributed by atoms with E-state index in [-0.39, 0.29) is 87.4 Å². The predicted octanol–water partition coefficient (Wildman–Crippen LogP) is 13.7. The van der Waals surface area contributed by atoms with E-state index in [2.05, 4.69) is 24.3 Å². The first-order valence-electron chi connectivity index (χ1n) is 26.1. The Bertz CT molecular complexity index is 2970. The van der Waals surface area contributed by atoms with E-state index in [1.54, 1.807) is 12.1 Å². The number of likely N-dealkylation sites (tertiary alicyclic amines) is 1. The van der Waals surface area contributed by atoms with Crippen molar-refractivity contribution in [3.05, 3.63) is 237 Å². The molecule has 382 valence electrons. The molecule has 1 fully saturated rings. The molecule has 0 bridgehead atoms. The zero-order chi connectivity index (χ0) is 52.3. The van der Waals surface area contributed by atoms with Crippen LogP contribution in [-0.4, -0.2) is 70.9 Å². The summed E-state index contributed by atoms with van der Waals surface area (Å²) in [4.78, 5) is 77.1. The minimum absolute atomic E-state index is 0.00462. The average Bonchev–Trinajstić information content (AvgIpc) is 4.02. The zero-order valence-electron chi connectivity index (χ0n) is 42.3. The third kappa shape index (κ3) is 12.2.